The second kappa shape index (κ2) is 6.35. The monoisotopic (exact) mass is 294 g/mol. The van der Waals surface area contributed by atoms with Crippen LogP contribution in [0.2, 0.25) is 0 Å². The molecule has 19 heavy (non-hydrogen) atoms. The van der Waals surface area contributed by atoms with Gasteiger partial charge in [-0.2, -0.15) is 0 Å². The van der Waals surface area contributed by atoms with Crippen molar-refractivity contribution in [2.24, 2.45) is 0 Å². The van der Waals surface area contributed by atoms with Gasteiger partial charge in [0, 0.05) is 0 Å². The lowest BCUT2D eigenvalue weighted by Gasteiger charge is -2.04. The van der Waals surface area contributed by atoms with Gasteiger partial charge in [0.1, 0.15) is 0 Å². The van der Waals surface area contributed by atoms with E-state index in [-0.39, 0.29) is 11.7 Å². The number of thiophene rings is 1. The molecule has 5 nitrogen and oxygen atoms in total. The summed E-state index contributed by atoms with van der Waals surface area (Å²) in [6, 6.07) is 6.92. The Morgan fingerprint density at radius 2 is 2.21 bits per heavy atom. The summed E-state index contributed by atoms with van der Waals surface area (Å²) in [5, 5.41) is 13.7. The third kappa shape index (κ3) is 4.08. The Balaban J connectivity index is 1.95. The molecule has 0 spiro atoms. The number of nitrogens with zero attached hydrogens (tertiary/aromatic N) is 1. The van der Waals surface area contributed by atoms with Crippen LogP contribution in [0.25, 0.3) is 0 Å². The van der Waals surface area contributed by atoms with Gasteiger partial charge in [0.25, 0.3) is 5.91 Å². The number of rotatable bonds is 5. The van der Waals surface area contributed by atoms with Crippen molar-refractivity contribution in [3.8, 4) is 0 Å². The molecule has 0 aromatic carbocycles. The molecule has 98 valence electrons. The van der Waals surface area contributed by atoms with Crippen molar-refractivity contribution in [2.45, 2.75) is 5.03 Å². The number of thioether (sulfide) groups is 1. The Kier molecular flexibility index (Phi) is 4.53. The minimum absolute atomic E-state index is 0.0338. The second-order valence-electron chi connectivity index (χ2n) is 3.50. The van der Waals surface area contributed by atoms with Gasteiger partial charge in [-0.15, -0.1) is 11.3 Å². The van der Waals surface area contributed by atoms with Gasteiger partial charge in [-0.05, 0) is 23.6 Å². The number of carbonyl (C=O) groups excluding carboxylic acids is 1. The molecule has 0 aliphatic rings. The minimum atomic E-state index is -0.887. The van der Waals surface area contributed by atoms with E-state index in [2.05, 4.69) is 10.3 Å². The van der Waals surface area contributed by atoms with Crippen molar-refractivity contribution < 1.29 is 14.7 Å². The Bertz CT molecular complexity index is 567. The predicted octanol–water partition coefficient (Wildman–Crippen LogP) is 2.57. The molecule has 0 fully saturated rings. The number of carboxylic acid groups (broad SMARTS) is 1. The van der Waals surface area contributed by atoms with E-state index in [0.717, 1.165) is 11.8 Å². The molecule has 2 rings (SSSR count). The highest BCUT2D eigenvalue weighted by Crippen LogP contribution is 2.18. The molecule has 2 aromatic heterocycles. The maximum Gasteiger partial charge on any atom is 0.313 e. The molecule has 0 aliphatic carbocycles. The van der Waals surface area contributed by atoms with Gasteiger partial charge >= 0.3 is 5.97 Å². The van der Waals surface area contributed by atoms with Gasteiger partial charge in [-0.3, -0.25) is 9.59 Å². The number of carboxylic acids is 1. The topological polar surface area (TPSA) is 79.3 Å². The van der Waals surface area contributed by atoms with Crippen LogP contribution in [-0.2, 0) is 4.79 Å². The first-order valence-corrected chi connectivity index (χ1v) is 7.17. The Labute approximate surface area is 117 Å². The first-order chi connectivity index (χ1) is 9.15. The van der Waals surface area contributed by atoms with E-state index in [1.807, 2.05) is 11.4 Å². The van der Waals surface area contributed by atoms with Crippen LogP contribution in [0.3, 0.4) is 0 Å². The second-order valence-corrected chi connectivity index (χ2v) is 5.44. The van der Waals surface area contributed by atoms with Gasteiger partial charge in [0.2, 0.25) is 0 Å². The van der Waals surface area contributed by atoms with Gasteiger partial charge in [0.15, 0.2) is 0 Å². The number of amides is 1. The smallest absolute Gasteiger partial charge is 0.313 e. The summed E-state index contributed by atoms with van der Waals surface area (Å²) in [6.07, 6.45) is 1.51. The molecule has 0 radical (unpaired) electrons. The van der Waals surface area contributed by atoms with Crippen LogP contribution >= 0.6 is 23.1 Å². The fourth-order valence-electron chi connectivity index (χ4n) is 1.28. The fraction of sp³-hybridized carbons (Fsp3) is 0.0833. The van der Waals surface area contributed by atoms with E-state index in [1.165, 1.54) is 17.5 Å². The first-order valence-electron chi connectivity index (χ1n) is 5.30. The van der Waals surface area contributed by atoms with Gasteiger partial charge in [-0.1, -0.05) is 17.8 Å². The summed E-state index contributed by atoms with van der Waals surface area (Å²) < 4.78 is 0. The highest BCUT2D eigenvalue weighted by molar-refractivity contribution is 7.99. The standard InChI is InChI=1S/C12H10N2O3S2/c15-11(16)7-19-10-4-3-8(6-13-10)14-12(17)9-2-1-5-18-9/h1-6H,7H2,(H,14,17)(H,15,16). The molecule has 0 aliphatic heterocycles. The molecule has 0 saturated carbocycles. The number of hydrogen-bond donors (Lipinski definition) is 2. The number of anilines is 1. The Morgan fingerprint density at radius 3 is 2.79 bits per heavy atom. The van der Waals surface area contributed by atoms with Crippen LogP contribution in [-0.4, -0.2) is 27.7 Å². The van der Waals surface area contributed by atoms with Crippen LogP contribution in [0.4, 0.5) is 5.69 Å². The zero-order valence-corrected chi connectivity index (χ0v) is 11.3. The molecule has 0 unspecified atom stereocenters. The molecule has 1 amide bonds. The fourth-order valence-corrected chi connectivity index (χ4v) is 2.46. The van der Waals surface area contributed by atoms with E-state index in [9.17, 15) is 9.59 Å². The van der Waals surface area contributed by atoms with Crippen molar-refractivity contribution in [3.63, 3.8) is 0 Å². The van der Waals surface area contributed by atoms with Crippen molar-refractivity contribution in [1.29, 1.82) is 0 Å². The summed E-state index contributed by atoms with van der Waals surface area (Å²) in [7, 11) is 0. The van der Waals surface area contributed by atoms with Crippen LogP contribution in [0.1, 0.15) is 9.67 Å². The summed E-state index contributed by atoms with van der Waals surface area (Å²) in [5.41, 5.74) is 0.582. The number of nitrogens with one attached hydrogen (secondary N) is 1. The largest absolute Gasteiger partial charge is 0.481 e. The van der Waals surface area contributed by atoms with Crippen LogP contribution in [0.15, 0.2) is 40.9 Å². The van der Waals surface area contributed by atoms with Crippen molar-refractivity contribution >= 4 is 40.7 Å². The SMILES string of the molecule is O=C(O)CSc1ccc(NC(=O)c2cccs2)cn1. The lowest BCUT2D eigenvalue weighted by atomic mass is 10.4. The minimum Gasteiger partial charge on any atom is -0.481 e. The summed E-state index contributed by atoms with van der Waals surface area (Å²) in [5.74, 6) is -1.10. The quantitative estimate of drug-likeness (QED) is 0.829. The van der Waals surface area contributed by atoms with Gasteiger partial charge < -0.3 is 10.4 Å². The van der Waals surface area contributed by atoms with E-state index in [4.69, 9.17) is 5.11 Å². The summed E-state index contributed by atoms with van der Waals surface area (Å²) in [4.78, 5) is 26.9. The van der Waals surface area contributed by atoms with Gasteiger partial charge in [0.05, 0.1) is 27.5 Å². The first kappa shape index (κ1) is 13.6. The average Bonchev–Trinajstić information content (AvgIpc) is 2.92. The van der Waals surface area contributed by atoms with Crippen LogP contribution in [0, 0.1) is 0 Å². The molecule has 2 aromatic rings. The van der Waals surface area contributed by atoms with Gasteiger partial charge in [-0.25, -0.2) is 4.98 Å². The Morgan fingerprint density at radius 1 is 1.37 bits per heavy atom. The molecule has 7 heteroatoms. The Hall–Kier alpha value is -1.86. The number of hydrogen-bond acceptors (Lipinski definition) is 5. The predicted molar refractivity (Wildman–Crippen MR) is 74.9 cm³/mol. The highest BCUT2D eigenvalue weighted by Gasteiger charge is 2.07. The molecule has 2 N–H and O–H groups in total. The molecular formula is C12H10N2O3S2. The lowest BCUT2D eigenvalue weighted by molar-refractivity contribution is -0.133. The van der Waals surface area contributed by atoms with E-state index in [0.29, 0.717) is 15.6 Å². The lowest BCUT2D eigenvalue weighted by Crippen LogP contribution is -2.10. The zero-order chi connectivity index (χ0) is 13.7. The van der Waals surface area contributed by atoms with E-state index >= 15 is 0 Å². The van der Waals surface area contributed by atoms with Crippen molar-refractivity contribution in [3.05, 3.63) is 40.7 Å². The number of carbonyl (C=O) groups is 2. The maximum absolute atomic E-state index is 11.8. The highest BCUT2D eigenvalue weighted by atomic mass is 32.2. The number of aliphatic carboxylic acids is 1. The van der Waals surface area contributed by atoms with Crippen molar-refractivity contribution in [1.82, 2.24) is 4.98 Å². The van der Waals surface area contributed by atoms with Crippen LogP contribution in [0.5, 0.6) is 0 Å². The molecule has 0 saturated heterocycles. The number of pyridine rings is 1. The normalized spacial score (nSPS) is 10.1. The maximum atomic E-state index is 11.8. The average molecular weight is 294 g/mol. The van der Waals surface area contributed by atoms with Crippen LogP contribution < -0.4 is 5.32 Å². The van der Waals surface area contributed by atoms with E-state index < -0.39 is 5.97 Å². The molecule has 2 heterocycles. The summed E-state index contributed by atoms with van der Waals surface area (Å²) >= 11 is 2.50. The van der Waals surface area contributed by atoms with E-state index in [1.54, 1.807) is 18.2 Å². The molecule has 0 atom stereocenters. The third-order valence-electron chi connectivity index (χ3n) is 2.08. The van der Waals surface area contributed by atoms with Crippen molar-refractivity contribution in [2.75, 3.05) is 11.1 Å². The third-order valence-corrected chi connectivity index (χ3v) is 3.88. The molecular weight excluding hydrogens is 284 g/mol. The molecule has 0 bridgehead atoms. The zero-order valence-electron chi connectivity index (χ0n) is 9.70. The summed E-state index contributed by atoms with van der Waals surface area (Å²) in [6.45, 7) is 0. The number of aromatic nitrogens is 1.